The maximum absolute atomic E-state index is 11.7. The number of rotatable bonds is 8. The Kier molecular flexibility index (Phi) is 6.49. The van der Waals surface area contributed by atoms with E-state index in [1.165, 1.54) is 16.0 Å². The van der Waals surface area contributed by atoms with Crippen LogP contribution in [0.15, 0.2) is 36.4 Å². The molecule has 2 amide bonds. The van der Waals surface area contributed by atoms with Crippen molar-refractivity contribution in [1.29, 1.82) is 0 Å². The van der Waals surface area contributed by atoms with E-state index in [0.717, 1.165) is 30.9 Å². The predicted octanol–water partition coefficient (Wildman–Crippen LogP) is 4.00. The fraction of sp³-hybridized carbons (Fsp3) is 0.417. The van der Waals surface area contributed by atoms with Crippen molar-refractivity contribution in [3.8, 4) is 11.5 Å². The Morgan fingerprint density at radius 2 is 1.90 bits per heavy atom. The average Bonchev–Trinajstić information content (AvgIpc) is 3.35. The zero-order valence-corrected chi connectivity index (χ0v) is 18.7. The van der Waals surface area contributed by atoms with Crippen molar-refractivity contribution < 1.29 is 19.1 Å². The van der Waals surface area contributed by atoms with Crippen molar-refractivity contribution in [3.05, 3.63) is 58.1 Å². The Morgan fingerprint density at radius 3 is 2.65 bits per heavy atom. The lowest BCUT2D eigenvalue weighted by Gasteiger charge is -2.26. The van der Waals surface area contributed by atoms with E-state index in [9.17, 15) is 9.59 Å². The molecule has 31 heavy (non-hydrogen) atoms. The van der Waals surface area contributed by atoms with Gasteiger partial charge in [0.25, 0.3) is 0 Å². The van der Waals surface area contributed by atoms with Crippen LogP contribution in [0.25, 0.3) is 0 Å². The van der Waals surface area contributed by atoms with Gasteiger partial charge in [-0.15, -0.1) is 0 Å². The zero-order chi connectivity index (χ0) is 22.0. The quantitative estimate of drug-likeness (QED) is 0.578. The summed E-state index contributed by atoms with van der Waals surface area (Å²) in [5.74, 6) is 1.28. The van der Waals surface area contributed by atoms with Gasteiger partial charge < -0.3 is 9.47 Å². The van der Waals surface area contributed by atoms with Gasteiger partial charge in [0.1, 0.15) is 18.1 Å². The second kappa shape index (κ2) is 9.28. The fourth-order valence-electron chi connectivity index (χ4n) is 4.02. The van der Waals surface area contributed by atoms with Crippen molar-refractivity contribution in [2.75, 3.05) is 26.8 Å². The monoisotopic (exact) mass is 442 g/mol. The van der Waals surface area contributed by atoms with Crippen molar-refractivity contribution in [1.82, 2.24) is 9.80 Å². The Morgan fingerprint density at radius 1 is 1.13 bits per heavy atom. The van der Waals surface area contributed by atoms with Crippen LogP contribution in [-0.2, 0) is 22.6 Å². The van der Waals surface area contributed by atoms with Crippen molar-refractivity contribution in [2.24, 2.45) is 0 Å². The molecule has 1 saturated heterocycles. The number of likely N-dealkylation sites (tertiary alicyclic amines) is 1. The van der Waals surface area contributed by atoms with E-state index in [1.807, 2.05) is 18.2 Å². The smallest absolute Gasteiger partial charge is 0.229 e. The van der Waals surface area contributed by atoms with Crippen molar-refractivity contribution in [2.45, 2.75) is 38.8 Å². The van der Waals surface area contributed by atoms with Crippen molar-refractivity contribution >= 4 is 23.4 Å². The van der Waals surface area contributed by atoms with Gasteiger partial charge in [0.2, 0.25) is 11.8 Å². The molecule has 2 aliphatic rings. The van der Waals surface area contributed by atoms with Crippen LogP contribution in [-0.4, -0.2) is 48.4 Å². The largest absolute Gasteiger partial charge is 0.493 e. The summed E-state index contributed by atoms with van der Waals surface area (Å²) in [6.07, 6.45) is 1.55. The molecule has 7 heteroatoms. The van der Waals surface area contributed by atoms with E-state index in [4.69, 9.17) is 21.1 Å². The summed E-state index contributed by atoms with van der Waals surface area (Å²) in [4.78, 5) is 26.9. The highest BCUT2D eigenvalue weighted by Crippen LogP contribution is 2.31. The van der Waals surface area contributed by atoms with Gasteiger partial charge in [-0.2, -0.15) is 0 Å². The number of amides is 2. The number of benzene rings is 2. The number of ether oxygens (including phenoxy) is 2. The zero-order valence-electron chi connectivity index (χ0n) is 17.9. The van der Waals surface area contributed by atoms with Crippen LogP contribution >= 0.6 is 11.6 Å². The maximum Gasteiger partial charge on any atom is 0.229 e. The summed E-state index contributed by atoms with van der Waals surface area (Å²) < 4.78 is 11.3. The molecule has 0 N–H and O–H groups in total. The normalized spacial score (nSPS) is 16.6. The highest BCUT2D eigenvalue weighted by Gasteiger charge is 2.28. The first kappa shape index (κ1) is 21.7. The lowest BCUT2D eigenvalue weighted by molar-refractivity contribution is -0.138. The standard InChI is InChI=1S/C24H27ClN2O4/c1-16(18-4-6-21-19(14-18)9-11-30-21)26(2)15-17-3-5-22(20(25)13-17)31-12-10-27-23(28)7-8-24(27)29/h3-6,13-14,16H,7-12,15H2,1-2H3. The topological polar surface area (TPSA) is 59.1 Å². The molecular formula is C24H27ClN2O4. The van der Waals surface area contributed by atoms with E-state index >= 15 is 0 Å². The summed E-state index contributed by atoms with van der Waals surface area (Å²) in [7, 11) is 2.09. The first-order chi connectivity index (χ1) is 14.9. The van der Waals surface area contributed by atoms with Gasteiger partial charge in [0.05, 0.1) is 18.2 Å². The maximum atomic E-state index is 11.7. The second-order valence-electron chi connectivity index (χ2n) is 8.11. The third-order valence-corrected chi connectivity index (χ3v) is 6.31. The summed E-state index contributed by atoms with van der Waals surface area (Å²) in [5, 5.41) is 0.521. The van der Waals surface area contributed by atoms with Gasteiger partial charge in [0.15, 0.2) is 0 Å². The number of carbonyl (C=O) groups excluding carboxylic acids is 2. The lowest BCUT2D eigenvalue weighted by Crippen LogP contribution is -2.33. The van der Waals surface area contributed by atoms with E-state index in [-0.39, 0.29) is 31.0 Å². The molecule has 2 aromatic carbocycles. The number of carbonyl (C=O) groups is 2. The van der Waals surface area contributed by atoms with Crippen LogP contribution in [0.4, 0.5) is 0 Å². The molecule has 2 heterocycles. The molecule has 6 nitrogen and oxygen atoms in total. The van der Waals surface area contributed by atoms with Crippen LogP contribution in [0.5, 0.6) is 11.5 Å². The summed E-state index contributed by atoms with van der Waals surface area (Å²) in [6.45, 7) is 4.18. The average molecular weight is 443 g/mol. The highest BCUT2D eigenvalue weighted by atomic mass is 35.5. The summed E-state index contributed by atoms with van der Waals surface area (Å²) >= 11 is 6.42. The van der Waals surface area contributed by atoms with Gasteiger partial charge in [0, 0.05) is 31.8 Å². The third kappa shape index (κ3) is 4.86. The molecule has 1 fully saturated rings. The Balaban J connectivity index is 1.33. The SMILES string of the molecule is CC(c1ccc2c(c1)CCO2)N(C)Cc1ccc(OCCN2C(=O)CCC2=O)c(Cl)c1. The number of hydrogen-bond donors (Lipinski definition) is 0. The molecule has 2 aromatic rings. The van der Waals surface area contributed by atoms with Gasteiger partial charge in [-0.3, -0.25) is 19.4 Å². The number of imide groups is 1. The van der Waals surface area contributed by atoms with Crippen LogP contribution < -0.4 is 9.47 Å². The summed E-state index contributed by atoms with van der Waals surface area (Å²) in [5.41, 5.74) is 3.63. The molecule has 0 spiro atoms. The summed E-state index contributed by atoms with van der Waals surface area (Å²) in [6, 6.07) is 12.4. The molecular weight excluding hydrogens is 416 g/mol. The fourth-order valence-corrected chi connectivity index (χ4v) is 4.28. The van der Waals surface area contributed by atoms with Crippen LogP contribution in [0.1, 0.15) is 42.5 Å². The highest BCUT2D eigenvalue weighted by molar-refractivity contribution is 6.32. The molecule has 0 aliphatic carbocycles. The predicted molar refractivity (Wildman–Crippen MR) is 118 cm³/mol. The molecule has 1 unspecified atom stereocenters. The molecule has 0 bridgehead atoms. The van der Waals surface area contributed by atoms with Gasteiger partial charge >= 0.3 is 0 Å². The minimum Gasteiger partial charge on any atom is -0.493 e. The van der Waals surface area contributed by atoms with Crippen molar-refractivity contribution in [3.63, 3.8) is 0 Å². The van der Waals surface area contributed by atoms with E-state index in [1.54, 1.807) is 0 Å². The van der Waals surface area contributed by atoms with Crippen LogP contribution in [0, 0.1) is 0 Å². The molecule has 1 atom stereocenters. The number of hydrogen-bond acceptors (Lipinski definition) is 5. The number of nitrogens with zero attached hydrogens (tertiary/aromatic N) is 2. The minimum absolute atomic E-state index is 0.136. The first-order valence-corrected chi connectivity index (χ1v) is 11.0. The minimum atomic E-state index is -0.136. The van der Waals surface area contributed by atoms with E-state index in [0.29, 0.717) is 23.6 Å². The van der Waals surface area contributed by atoms with Gasteiger partial charge in [-0.05, 0) is 48.9 Å². The molecule has 4 rings (SSSR count). The number of halogens is 1. The van der Waals surface area contributed by atoms with E-state index < -0.39 is 0 Å². The van der Waals surface area contributed by atoms with Crippen LogP contribution in [0.3, 0.4) is 0 Å². The van der Waals surface area contributed by atoms with Gasteiger partial charge in [-0.25, -0.2) is 0 Å². The molecule has 0 saturated carbocycles. The Hall–Kier alpha value is -2.57. The Bertz CT molecular complexity index is 978. The first-order valence-electron chi connectivity index (χ1n) is 10.6. The number of fused-ring (bicyclic) bond motifs is 1. The van der Waals surface area contributed by atoms with Crippen LogP contribution in [0.2, 0.25) is 5.02 Å². The molecule has 0 radical (unpaired) electrons. The molecule has 164 valence electrons. The molecule has 2 aliphatic heterocycles. The van der Waals surface area contributed by atoms with Gasteiger partial charge in [-0.1, -0.05) is 29.8 Å². The third-order valence-electron chi connectivity index (χ3n) is 6.01. The molecule has 0 aromatic heterocycles. The second-order valence-corrected chi connectivity index (χ2v) is 8.52. The Labute approximate surface area is 187 Å². The lowest BCUT2D eigenvalue weighted by atomic mass is 10.0. The van der Waals surface area contributed by atoms with E-state index in [2.05, 4.69) is 37.1 Å².